The first-order valence-electron chi connectivity index (χ1n) is 13.9. The maximum Gasteiger partial charge on any atom is 0.254 e. The lowest BCUT2D eigenvalue weighted by Gasteiger charge is -2.43. The first-order chi connectivity index (χ1) is 17.1. The number of piperidine rings is 1. The molecular weight excluding hydrogens is 444 g/mol. The number of nitrogens with one attached hydrogen (secondary N) is 1. The van der Waals surface area contributed by atoms with Crippen LogP contribution in [0.15, 0.2) is 42.5 Å². The topological polar surface area (TPSA) is 49.4 Å². The van der Waals surface area contributed by atoms with E-state index >= 15 is 0 Å². The fourth-order valence-corrected chi connectivity index (χ4v) is 6.18. The number of hydrogen-bond acceptors (Lipinski definition) is 2. The first kappa shape index (κ1) is 26.4. The molecular formula is C32H44N2O2. The third-order valence-corrected chi connectivity index (χ3v) is 8.28. The molecule has 0 radical (unpaired) electrons. The molecule has 1 unspecified atom stereocenters. The van der Waals surface area contributed by atoms with E-state index < -0.39 is 0 Å². The van der Waals surface area contributed by atoms with Crippen LogP contribution in [0.3, 0.4) is 0 Å². The van der Waals surface area contributed by atoms with Gasteiger partial charge in [0.15, 0.2) is 0 Å². The predicted molar refractivity (Wildman–Crippen MR) is 148 cm³/mol. The van der Waals surface area contributed by atoms with E-state index in [0.29, 0.717) is 5.92 Å². The highest BCUT2D eigenvalue weighted by molar-refractivity contribution is 5.97. The molecule has 4 nitrogen and oxygen atoms in total. The van der Waals surface area contributed by atoms with Crippen molar-refractivity contribution in [2.75, 3.05) is 11.9 Å². The Morgan fingerprint density at radius 3 is 2.39 bits per heavy atom. The van der Waals surface area contributed by atoms with Crippen molar-refractivity contribution in [1.29, 1.82) is 0 Å². The zero-order valence-corrected chi connectivity index (χ0v) is 22.9. The number of aryl methyl sites for hydroxylation is 2. The van der Waals surface area contributed by atoms with Gasteiger partial charge in [0, 0.05) is 23.8 Å². The standard InChI is InChI=1S/C32H44N2O2/c1-22-16-17-27(23(2)19-22)31(36)34-18-10-15-28(29(34)20-24-11-7-6-8-12-24)30(35)33-26-14-9-13-25(21-26)32(3,4)5/h9,13-14,16-17,19,21,24,28-29H,6-8,10-12,15,18,20H2,1-5H3,(H,33,35)/t28?,29-/m0/s1. The molecule has 1 aliphatic heterocycles. The Morgan fingerprint density at radius 1 is 0.944 bits per heavy atom. The lowest BCUT2D eigenvalue weighted by molar-refractivity contribution is -0.123. The zero-order valence-electron chi connectivity index (χ0n) is 22.9. The van der Waals surface area contributed by atoms with Gasteiger partial charge >= 0.3 is 0 Å². The monoisotopic (exact) mass is 488 g/mol. The van der Waals surface area contributed by atoms with E-state index in [1.165, 1.54) is 37.7 Å². The Labute approximate surface area is 217 Å². The van der Waals surface area contributed by atoms with Crippen LogP contribution in [-0.2, 0) is 10.2 Å². The second-order valence-corrected chi connectivity index (χ2v) is 12.2. The third kappa shape index (κ3) is 6.19. The average molecular weight is 489 g/mol. The minimum Gasteiger partial charge on any atom is -0.335 e. The molecule has 2 aliphatic rings. The first-order valence-corrected chi connectivity index (χ1v) is 13.9. The fourth-order valence-electron chi connectivity index (χ4n) is 6.18. The van der Waals surface area contributed by atoms with Gasteiger partial charge in [0.05, 0.1) is 5.92 Å². The molecule has 36 heavy (non-hydrogen) atoms. The summed E-state index contributed by atoms with van der Waals surface area (Å²) in [5, 5.41) is 3.23. The summed E-state index contributed by atoms with van der Waals surface area (Å²) in [5.74, 6) is 0.546. The Morgan fingerprint density at radius 2 is 1.69 bits per heavy atom. The molecule has 0 bridgehead atoms. The smallest absolute Gasteiger partial charge is 0.254 e. The molecule has 4 heteroatoms. The summed E-state index contributed by atoms with van der Waals surface area (Å²) in [5.41, 5.74) is 5.02. The normalized spacial score (nSPS) is 21.3. The minimum atomic E-state index is -0.186. The molecule has 0 aromatic heterocycles. The van der Waals surface area contributed by atoms with Gasteiger partial charge in [0.1, 0.15) is 0 Å². The van der Waals surface area contributed by atoms with E-state index in [0.717, 1.165) is 48.2 Å². The summed E-state index contributed by atoms with van der Waals surface area (Å²) >= 11 is 0. The van der Waals surface area contributed by atoms with Crippen molar-refractivity contribution < 1.29 is 9.59 Å². The van der Waals surface area contributed by atoms with Gasteiger partial charge in [-0.05, 0) is 73.8 Å². The minimum absolute atomic E-state index is 0.0181. The van der Waals surface area contributed by atoms with Crippen LogP contribution in [0.5, 0.6) is 0 Å². The average Bonchev–Trinajstić information content (AvgIpc) is 2.84. The summed E-state index contributed by atoms with van der Waals surface area (Å²) < 4.78 is 0. The van der Waals surface area contributed by atoms with Crippen molar-refractivity contribution >= 4 is 17.5 Å². The van der Waals surface area contributed by atoms with Crippen LogP contribution in [0.4, 0.5) is 5.69 Å². The summed E-state index contributed by atoms with van der Waals surface area (Å²) in [6, 6.07) is 14.2. The number of carbonyl (C=O) groups excluding carboxylic acids is 2. The molecule has 2 aromatic carbocycles. The Hall–Kier alpha value is -2.62. The van der Waals surface area contributed by atoms with Gasteiger partial charge in [-0.3, -0.25) is 9.59 Å². The van der Waals surface area contributed by atoms with Crippen molar-refractivity contribution in [3.63, 3.8) is 0 Å². The molecule has 4 rings (SSSR count). The Balaban J connectivity index is 1.60. The van der Waals surface area contributed by atoms with Crippen molar-refractivity contribution in [2.45, 2.75) is 97.4 Å². The summed E-state index contributed by atoms with van der Waals surface area (Å²) in [6.45, 7) is 11.4. The maximum atomic E-state index is 13.9. The number of anilines is 1. The SMILES string of the molecule is Cc1ccc(C(=O)N2CCCC(C(=O)Nc3cccc(C(C)(C)C)c3)[C@@H]2CC2CCCCC2)c(C)c1. The van der Waals surface area contributed by atoms with Gasteiger partial charge in [-0.1, -0.05) is 82.7 Å². The lowest BCUT2D eigenvalue weighted by atomic mass is 9.78. The Bertz CT molecular complexity index is 1080. The summed E-state index contributed by atoms with van der Waals surface area (Å²) in [6.07, 6.45) is 8.87. The van der Waals surface area contributed by atoms with Crippen molar-refractivity contribution in [3.8, 4) is 0 Å². The summed E-state index contributed by atoms with van der Waals surface area (Å²) in [7, 11) is 0. The van der Waals surface area contributed by atoms with Gasteiger partial charge in [-0.15, -0.1) is 0 Å². The Kier molecular flexibility index (Phi) is 8.22. The van der Waals surface area contributed by atoms with Crippen LogP contribution in [-0.4, -0.2) is 29.3 Å². The second-order valence-electron chi connectivity index (χ2n) is 12.2. The van der Waals surface area contributed by atoms with Crippen molar-refractivity contribution in [1.82, 2.24) is 4.90 Å². The molecule has 1 saturated heterocycles. The van der Waals surface area contributed by atoms with Gasteiger partial charge in [0.25, 0.3) is 5.91 Å². The van der Waals surface area contributed by atoms with E-state index in [1.54, 1.807) is 0 Å². The van der Waals surface area contributed by atoms with Crippen molar-refractivity contribution in [3.05, 3.63) is 64.7 Å². The van der Waals surface area contributed by atoms with E-state index in [-0.39, 0.29) is 29.2 Å². The second kappa shape index (κ2) is 11.2. The number of rotatable bonds is 5. The van der Waals surface area contributed by atoms with E-state index in [2.05, 4.69) is 51.2 Å². The van der Waals surface area contributed by atoms with Crippen molar-refractivity contribution in [2.24, 2.45) is 11.8 Å². The third-order valence-electron chi connectivity index (χ3n) is 8.28. The highest BCUT2D eigenvalue weighted by Gasteiger charge is 2.40. The van der Waals surface area contributed by atoms with Gasteiger partial charge in [0.2, 0.25) is 5.91 Å². The molecule has 1 heterocycles. The molecule has 1 aliphatic carbocycles. The number of carbonyl (C=O) groups is 2. The number of likely N-dealkylation sites (tertiary alicyclic amines) is 1. The predicted octanol–water partition coefficient (Wildman–Crippen LogP) is 7.43. The van der Waals surface area contributed by atoms with Crippen LogP contribution < -0.4 is 5.32 Å². The molecule has 2 atom stereocenters. The van der Waals surface area contributed by atoms with Crippen LogP contribution in [0, 0.1) is 25.7 Å². The molecule has 1 saturated carbocycles. The number of amides is 2. The van der Waals surface area contributed by atoms with Gasteiger partial charge in [-0.2, -0.15) is 0 Å². The summed E-state index contributed by atoms with van der Waals surface area (Å²) in [4.78, 5) is 29.7. The molecule has 1 N–H and O–H groups in total. The molecule has 2 aromatic rings. The van der Waals surface area contributed by atoms with E-state index in [1.807, 2.05) is 36.1 Å². The highest BCUT2D eigenvalue weighted by atomic mass is 16.2. The quantitative estimate of drug-likeness (QED) is 0.476. The highest BCUT2D eigenvalue weighted by Crippen LogP contribution is 2.36. The molecule has 2 fully saturated rings. The van der Waals surface area contributed by atoms with Crippen LogP contribution in [0.2, 0.25) is 0 Å². The van der Waals surface area contributed by atoms with Gasteiger partial charge < -0.3 is 10.2 Å². The molecule has 2 amide bonds. The number of benzene rings is 2. The maximum absolute atomic E-state index is 13.9. The fraction of sp³-hybridized carbons (Fsp3) is 0.562. The van der Waals surface area contributed by atoms with Crippen LogP contribution in [0.1, 0.15) is 99.2 Å². The molecule has 194 valence electrons. The number of nitrogens with zero attached hydrogens (tertiary/aromatic N) is 1. The number of hydrogen-bond donors (Lipinski definition) is 1. The lowest BCUT2D eigenvalue weighted by Crippen LogP contribution is -2.52. The molecule has 0 spiro atoms. The zero-order chi connectivity index (χ0) is 25.9. The largest absolute Gasteiger partial charge is 0.335 e. The van der Waals surface area contributed by atoms with Crippen LogP contribution >= 0.6 is 0 Å². The van der Waals surface area contributed by atoms with Gasteiger partial charge in [-0.25, -0.2) is 0 Å². The van der Waals surface area contributed by atoms with E-state index in [4.69, 9.17) is 0 Å². The van der Waals surface area contributed by atoms with E-state index in [9.17, 15) is 9.59 Å². The van der Waals surface area contributed by atoms with Crippen LogP contribution in [0.25, 0.3) is 0 Å².